The van der Waals surface area contributed by atoms with Gasteiger partial charge in [-0.1, -0.05) is 303 Å². The number of hydrogen-bond acceptors (Lipinski definition) is 4. The van der Waals surface area contributed by atoms with E-state index in [1.54, 1.807) is 0 Å². The molecule has 2 heterocycles. The molecule has 610 valence electrons. The largest absolute Gasteiger partial charge is 0.311 e. The van der Waals surface area contributed by atoms with Gasteiger partial charge >= 0.3 is 0 Å². The second-order valence-corrected chi connectivity index (χ2v) is 33.5. The van der Waals surface area contributed by atoms with Crippen molar-refractivity contribution in [3.63, 3.8) is 0 Å². The van der Waals surface area contributed by atoms with E-state index in [1.165, 1.54) is 141 Å². The lowest BCUT2D eigenvalue weighted by Gasteiger charge is -2.29. The van der Waals surface area contributed by atoms with Crippen molar-refractivity contribution in [2.24, 2.45) is 0 Å². The molecule has 130 heavy (non-hydrogen) atoms. The molecule has 0 atom stereocenters. The highest BCUT2D eigenvalue weighted by Gasteiger charge is 2.24. The first-order valence-corrected chi connectivity index (χ1v) is 44.6. The van der Waals surface area contributed by atoms with Crippen LogP contribution in [0.5, 0.6) is 0 Å². The van der Waals surface area contributed by atoms with Crippen LogP contribution in [0, 0.1) is 0 Å². The molecule has 25 aromatic rings. The van der Waals surface area contributed by atoms with Crippen LogP contribution in [0.2, 0.25) is 0 Å². The summed E-state index contributed by atoms with van der Waals surface area (Å²) in [6, 6.07) is 185. The van der Waals surface area contributed by atoms with E-state index >= 15 is 0 Å². The van der Waals surface area contributed by atoms with E-state index in [9.17, 15) is 0 Å². The SMILES string of the molecule is c1ccc(N(c2ccc(N(c3ccc(-c4ccc5c(c4)c4ccccc4n5-c4ccccc4)cc3)c3ccc4c5ccccc5c5ccccc5c4c3)cc2)c2ccc3ccccc3c2)cc1.c1ccc(N(c2ccccc2)c2ccc(N(c3ccc(-c4ccc5c(c4)c4ccccc4n5-c4ccccc4)cc3)c3ccc4c5ccccc5c5ccccc5c4c3)cc2)cc1. The third-order valence-electron chi connectivity index (χ3n) is 26.0. The molecule has 0 radical (unpaired) electrons. The van der Waals surface area contributed by atoms with Crippen molar-refractivity contribution in [3.8, 4) is 33.6 Å². The van der Waals surface area contributed by atoms with Gasteiger partial charge < -0.3 is 28.7 Å². The molecular weight excluding hydrogens is 1570 g/mol. The summed E-state index contributed by atoms with van der Waals surface area (Å²) in [7, 11) is 0. The molecule has 0 saturated carbocycles. The first kappa shape index (κ1) is 76.3. The minimum absolute atomic E-state index is 1.07. The topological polar surface area (TPSA) is 22.8 Å². The third-order valence-corrected chi connectivity index (χ3v) is 26.0. The maximum absolute atomic E-state index is 2.40. The smallest absolute Gasteiger partial charge is 0.0541 e. The Morgan fingerprint density at radius 3 is 0.685 bits per heavy atom. The quantitative estimate of drug-likeness (QED) is 0.0900. The average Bonchev–Trinajstić information content (AvgIpc) is 1.64. The Hall–Kier alpha value is -17.3. The highest BCUT2D eigenvalue weighted by atomic mass is 15.2. The van der Waals surface area contributed by atoms with Gasteiger partial charge in [0.1, 0.15) is 0 Å². The van der Waals surface area contributed by atoms with E-state index in [4.69, 9.17) is 0 Å². The minimum Gasteiger partial charge on any atom is -0.311 e. The van der Waals surface area contributed by atoms with Crippen LogP contribution in [0.25, 0.3) is 153 Å². The maximum atomic E-state index is 2.40. The molecule has 0 unspecified atom stereocenters. The standard InChI is InChI=1S/C64H43N3.C60H41N3/c1-3-17-48(18-4-1)65(53-33-29-44-15-7-8-16-46(44)41-53)51-34-36-52(37-35-51)66(54-38-39-59-57-23-10-9-21-55(57)56-22-11-12-24-58(56)61(59)43-54)50-31-27-45(28-32-50)47-30-40-64-62(42-47)60-25-13-14-26-63(60)67(64)49-19-5-2-6-20-49;1-4-16-44(17-5-1)61(45-18-6-2-7-19-45)48-33-35-49(36-34-48)62(50-37-38-55-53-24-11-10-22-51(53)52-23-12-13-25-54(52)57(55)41-50)47-31-28-42(29-32-47)43-30-39-60-58(40-43)56-26-14-15-27-59(56)63(60)46-20-8-3-9-21-46/h1-43H;1-41H. The number of aromatic nitrogens is 2. The van der Waals surface area contributed by atoms with Gasteiger partial charge in [0.05, 0.1) is 22.1 Å². The van der Waals surface area contributed by atoms with Gasteiger partial charge in [-0.25, -0.2) is 0 Å². The van der Waals surface area contributed by atoms with Gasteiger partial charge in [-0.05, 0) is 304 Å². The van der Waals surface area contributed by atoms with E-state index in [2.05, 4.69) is 538 Å². The van der Waals surface area contributed by atoms with Crippen molar-refractivity contribution in [1.29, 1.82) is 0 Å². The van der Waals surface area contributed by atoms with Crippen LogP contribution in [0.1, 0.15) is 0 Å². The number of hydrogen-bond donors (Lipinski definition) is 0. The van der Waals surface area contributed by atoms with Crippen molar-refractivity contribution in [2.75, 3.05) is 19.6 Å². The molecule has 0 fully saturated rings. The molecule has 23 aromatic carbocycles. The Morgan fingerprint density at radius 1 is 0.115 bits per heavy atom. The van der Waals surface area contributed by atoms with Crippen molar-refractivity contribution < 1.29 is 0 Å². The van der Waals surface area contributed by atoms with Crippen LogP contribution in [0.4, 0.5) is 68.2 Å². The Morgan fingerprint density at radius 2 is 0.338 bits per heavy atom. The van der Waals surface area contributed by atoms with E-state index in [1.807, 2.05) is 0 Å². The predicted molar refractivity (Wildman–Crippen MR) is 554 cm³/mol. The van der Waals surface area contributed by atoms with E-state index in [0.29, 0.717) is 0 Å². The number of nitrogens with zero attached hydrogens (tertiary/aromatic N) is 6. The lowest BCUT2D eigenvalue weighted by molar-refractivity contribution is 1.18. The second kappa shape index (κ2) is 32.7. The molecule has 0 spiro atoms. The predicted octanol–water partition coefficient (Wildman–Crippen LogP) is 34.9. The van der Waals surface area contributed by atoms with Crippen molar-refractivity contribution >= 4 is 187 Å². The molecule has 0 bridgehead atoms. The summed E-state index contributed by atoms with van der Waals surface area (Å²) in [6.45, 7) is 0. The van der Waals surface area contributed by atoms with Crippen LogP contribution in [-0.4, -0.2) is 9.13 Å². The molecule has 0 aliphatic heterocycles. The third kappa shape index (κ3) is 13.6. The summed E-state index contributed by atoms with van der Waals surface area (Å²) >= 11 is 0. The van der Waals surface area contributed by atoms with Gasteiger partial charge in [0, 0.05) is 101 Å². The average molecular weight is 1660 g/mol. The molecule has 0 aliphatic carbocycles. The highest BCUT2D eigenvalue weighted by molar-refractivity contribution is 6.27. The van der Waals surface area contributed by atoms with Gasteiger partial charge in [-0.15, -0.1) is 0 Å². The molecule has 6 heteroatoms. The number of rotatable bonds is 16. The van der Waals surface area contributed by atoms with Crippen LogP contribution >= 0.6 is 0 Å². The normalized spacial score (nSPS) is 11.5. The van der Waals surface area contributed by atoms with E-state index < -0.39 is 0 Å². The van der Waals surface area contributed by atoms with Gasteiger partial charge in [-0.3, -0.25) is 0 Å². The Kier molecular flexibility index (Phi) is 19.2. The lowest BCUT2D eigenvalue weighted by atomic mass is 9.94. The zero-order valence-corrected chi connectivity index (χ0v) is 71.2. The van der Waals surface area contributed by atoms with Crippen LogP contribution in [0.3, 0.4) is 0 Å². The summed E-state index contributed by atoms with van der Waals surface area (Å²) in [5, 5.41) is 22.5. The number of anilines is 12. The lowest BCUT2D eigenvalue weighted by Crippen LogP contribution is -2.12. The fourth-order valence-corrected chi connectivity index (χ4v) is 20.0. The molecular formula is C124H84N6. The number of benzene rings is 23. The van der Waals surface area contributed by atoms with Gasteiger partial charge in [0.25, 0.3) is 0 Å². The van der Waals surface area contributed by atoms with Crippen LogP contribution in [0.15, 0.2) is 510 Å². The first-order chi connectivity index (χ1) is 64.5. The minimum atomic E-state index is 1.07. The molecule has 6 nitrogen and oxygen atoms in total. The summed E-state index contributed by atoms with van der Waals surface area (Å²) in [5.74, 6) is 0. The van der Waals surface area contributed by atoms with Crippen LogP contribution < -0.4 is 19.6 Å². The second-order valence-electron chi connectivity index (χ2n) is 33.5. The molecule has 0 amide bonds. The van der Waals surface area contributed by atoms with E-state index in [0.717, 1.165) is 79.6 Å². The highest BCUT2D eigenvalue weighted by Crippen LogP contribution is 2.48. The summed E-state index contributed by atoms with van der Waals surface area (Å²) in [4.78, 5) is 9.44. The van der Waals surface area contributed by atoms with Crippen molar-refractivity contribution in [1.82, 2.24) is 9.13 Å². The molecule has 0 saturated heterocycles. The van der Waals surface area contributed by atoms with E-state index in [-0.39, 0.29) is 0 Å². The zero-order chi connectivity index (χ0) is 86.0. The maximum Gasteiger partial charge on any atom is 0.0541 e. The van der Waals surface area contributed by atoms with Crippen LogP contribution in [-0.2, 0) is 0 Å². The fraction of sp³-hybridized carbons (Fsp3) is 0. The van der Waals surface area contributed by atoms with Crippen molar-refractivity contribution in [3.05, 3.63) is 510 Å². The zero-order valence-electron chi connectivity index (χ0n) is 71.2. The van der Waals surface area contributed by atoms with Gasteiger partial charge in [0.2, 0.25) is 0 Å². The Bertz CT molecular complexity index is 8460. The fourth-order valence-electron chi connectivity index (χ4n) is 20.0. The van der Waals surface area contributed by atoms with Gasteiger partial charge in [0.15, 0.2) is 0 Å². The summed E-state index contributed by atoms with van der Waals surface area (Å²) < 4.78 is 4.74. The molecule has 2 aromatic heterocycles. The van der Waals surface area contributed by atoms with Gasteiger partial charge in [-0.2, -0.15) is 0 Å². The number of fused-ring (bicyclic) bond motifs is 19. The molecule has 0 aliphatic rings. The van der Waals surface area contributed by atoms with Crippen molar-refractivity contribution in [2.45, 2.75) is 0 Å². The summed E-state index contributed by atoms with van der Waals surface area (Å²) in [5.41, 5.74) is 25.0. The monoisotopic (exact) mass is 1660 g/mol. The Balaban J connectivity index is 0.000000144. The molecule has 0 N–H and O–H groups in total. The Labute approximate surface area is 754 Å². The number of para-hydroxylation sites is 7. The summed E-state index contributed by atoms with van der Waals surface area (Å²) in [6.07, 6.45) is 0. The molecule has 25 rings (SSSR count). The first-order valence-electron chi connectivity index (χ1n) is 44.6.